The van der Waals surface area contributed by atoms with Crippen LogP contribution in [0, 0.1) is 0 Å². The normalized spacial score (nSPS) is 11.5. The summed E-state index contributed by atoms with van der Waals surface area (Å²) in [5.74, 6) is 1.78. The third kappa shape index (κ3) is 5.74. The molecule has 0 radical (unpaired) electrons. The molecule has 0 N–H and O–H groups in total. The van der Waals surface area contributed by atoms with Gasteiger partial charge in [-0.3, -0.25) is 4.79 Å². The predicted octanol–water partition coefficient (Wildman–Crippen LogP) is 6.80. The van der Waals surface area contributed by atoms with Gasteiger partial charge in [0.2, 0.25) is 0 Å². The van der Waals surface area contributed by atoms with Gasteiger partial charge in [-0.2, -0.15) is 9.78 Å². The second kappa shape index (κ2) is 11.1. The van der Waals surface area contributed by atoms with Gasteiger partial charge in [0.15, 0.2) is 11.5 Å². The van der Waals surface area contributed by atoms with E-state index in [1.807, 2.05) is 75.4 Å². The number of benzene rings is 3. The molecule has 4 aromatic rings. The van der Waals surface area contributed by atoms with E-state index in [4.69, 9.17) is 21.1 Å². The zero-order chi connectivity index (χ0) is 24.9. The fourth-order valence-corrected chi connectivity index (χ4v) is 4.09. The van der Waals surface area contributed by atoms with E-state index in [0.29, 0.717) is 46.5 Å². The van der Waals surface area contributed by atoms with Crippen molar-refractivity contribution in [3.63, 3.8) is 0 Å². The van der Waals surface area contributed by atoms with Crippen LogP contribution < -0.4 is 15.0 Å². The van der Waals surface area contributed by atoms with Crippen molar-refractivity contribution in [3.05, 3.63) is 97.5 Å². The highest BCUT2D eigenvalue weighted by Gasteiger charge is 2.14. The third-order valence-electron chi connectivity index (χ3n) is 5.28. The van der Waals surface area contributed by atoms with Crippen molar-refractivity contribution in [2.24, 2.45) is 5.10 Å². The van der Waals surface area contributed by atoms with Crippen molar-refractivity contribution < 1.29 is 9.47 Å². The van der Waals surface area contributed by atoms with Crippen molar-refractivity contribution in [1.29, 1.82) is 0 Å². The van der Waals surface area contributed by atoms with Gasteiger partial charge in [0.1, 0.15) is 12.4 Å². The molecule has 0 aliphatic carbocycles. The average Bonchev–Trinajstić information content (AvgIpc) is 2.84. The van der Waals surface area contributed by atoms with Crippen LogP contribution in [0.15, 0.2) is 75.0 Å². The summed E-state index contributed by atoms with van der Waals surface area (Å²) < 4.78 is 14.0. The molecule has 0 amide bonds. The van der Waals surface area contributed by atoms with Crippen LogP contribution in [-0.4, -0.2) is 22.5 Å². The van der Waals surface area contributed by atoms with Crippen molar-refractivity contribution >= 4 is 44.6 Å². The lowest BCUT2D eigenvalue weighted by Crippen LogP contribution is -2.23. The molecule has 180 valence electrons. The number of ether oxygens (including phenoxy) is 2. The van der Waals surface area contributed by atoms with Gasteiger partial charge in [0.05, 0.1) is 23.7 Å². The third-order valence-corrected chi connectivity index (χ3v) is 6.14. The molecule has 0 atom stereocenters. The summed E-state index contributed by atoms with van der Waals surface area (Å²) in [6.45, 7) is 6.67. The largest absolute Gasteiger partial charge is 0.490 e. The minimum Gasteiger partial charge on any atom is -0.490 e. The Morgan fingerprint density at radius 1 is 1.09 bits per heavy atom. The smallest absolute Gasteiger partial charge is 0.282 e. The molecule has 1 aromatic heterocycles. The number of nitrogens with zero attached hydrogens (tertiary/aromatic N) is 3. The minimum atomic E-state index is -0.221. The Morgan fingerprint density at radius 3 is 2.63 bits per heavy atom. The standard InChI is InChI=1S/C27H25BrClN3O3/c1-4-34-25-13-18(9-12-24(25)35-16-19-7-5-6-8-22(19)29)15-30-32-26(17(2)3)31-23-11-10-20(28)14-21(23)27(32)33/h5-15,17H,4,16H2,1-3H3. The molecule has 6 nitrogen and oxygen atoms in total. The topological polar surface area (TPSA) is 65.7 Å². The second-order valence-corrected chi connectivity index (χ2v) is 9.49. The molecule has 8 heteroatoms. The van der Waals surface area contributed by atoms with E-state index in [0.717, 1.165) is 15.6 Å². The number of rotatable bonds is 8. The molecular weight excluding hydrogens is 530 g/mol. The van der Waals surface area contributed by atoms with E-state index >= 15 is 0 Å². The van der Waals surface area contributed by atoms with Crippen LogP contribution >= 0.6 is 27.5 Å². The van der Waals surface area contributed by atoms with E-state index in [2.05, 4.69) is 26.0 Å². The van der Waals surface area contributed by atoms with Crippen LogP contribution in [0.4, 0.5) is 0 Å². The van der Waals surface area contributed by atoms with Gasteiger partial charge in [0, 0.05) is 21.0 Å². The van der Waals surface area contributed by atoms with Crippen LogP contribution in [0.25, 0.3) is 10.9 Å². The Kier molecular flexibility index (Phi) is 7.88. The van der Waals surface area contributed by atoms with Crippen molar-refractivity contribution in [1.82, 2.24) is 9.66 Å². The number of halogens is 2. The lowest BCUT2D eigenvalue weighted by molar-refractivity contribution is 0.269. The van der Waals surface area contributed by atoms with Gasteiger partial charge >= 0.3 is 0 Å². The Morgan fingerprint density at radius 2 is 1.89 bits per heavy atom. The SMILES string of the molecule is CCOc1cc(C=Nn2c(C(C)C)nc3ccc(Br)cc3c2=O)ccc1OCc1ccccc1Cl. The summed E-state index contributed by atoms with van der Waals surface area (Å²) in [6.07, 6.45) is 1.62. The van der Waals surface area contributed by atoms with Crippen LogP contribution in [0.3, 0.4) is 0 Å². The Bertz CT molecular complexity index is 1450. The van der Waals surface area contributed by atoms with Gasteiger partial charge in [-0.05, 0) is 55.0 Å². The number of hydrogen-bond acceptors (Lipinski definition) is 5. The quantitative estimate of drug-likeness (QED) is 0.225. The van der Waals surface area contributed by atoms with Gasteiger partial charge in [-0.15, -0.1) is 0 Å². The summed E-state index contributed by atoms with van der Waals surface area (Å²) in [5, 5.41) is 5.65. The first-order valence-electron chi connectivity index (χ1n) is 11.3. The maximum Gasteiger partial charge on any atom is 0.282 e. The first kappa shape index (κ1) is 24.9. The van der Waals surface area contributed by atoms with Crippen molar-refractivity contribution in [2.45, 2.75) is 33.3 Å². The summed E-state index contributed by atoms with van der Waals surface area (Å²) in [4.78, 5) is 17.9. The molecule has 35 heavy (non-hydrogen) atoms. The average molecular weight is 555 g/mol. The van der Waals surface area contributed by atoms with Crippen LogP contribution in [0.2, 0.25) is 5.02 Å². The van der Waals surface area contributed by atoms with Crippen LogP contribution in [0.5, 0.6) is 11.5 Å². The fourth-order valence-electron chi connectivity index (χ4n) is 3.54. The lowest BCUT2D eigenvalue weighted by atomic mass is 10.2. The van der Waals surface area contributed by atoms with Gasteiger partial charge in [0.25, 0.3) is 5.56 Å². The van der Waals surface area contributed by atoms with E-state index in [9.17, 15) is 4.79 Å². The molecule has 0 saturated heterocycles. The molecule has 0 fully saturated rings. The highest BCUT2D eigenvalue weighted by molar-refractivity contribution is 9.10. The summed E-state index contributed by atoms with van der Waals surface area (Å²) in [7, 11) is 0. The molecule has 4 rings (SSSR count). The van der Waals surface area contributed by atoms with Crippen LogP contribution in [-0.2, 0) is 6.61 Å². The van der Waals surface area contributed by atoms with E-state index in [1.165, 1.54) is 4.68 Å². The highest BCUT2D eigenvalue weighted by atomic mass is 79.9. The summed E-state index contributed by atoms with van der Waals surface area (Å²) >= 11 is 9.67. The zero-order valence-electron chi connectivity index (χ0n) is 19.7. The molecule has 3 aromatic carbocycles. The predicted molar refractivity (Wildman–Crippen MR) is 144 cm³/mol. The number of fused-ring (bicyclic) bond motifs is 1. The van der Waals surface area contributed by atoms with E-state index in [1.54, 1.807) is 12.3 Å². The second-order valence-electron chi connectivity index (χ2n) is 8.17. The number of aromatic nitrogens is 2. The molecule has 0 aliphatic heterocycles. The molecule has 0 saturated carbocycles. The van der Waals surface area contributed by atoms with Gasteiger partial charge in [-0.1, -0.05) is 59.6 Å². The minimum absolute atomic E-state index is 0.00692. The highest BCUT2D eigenvalue weighted by Crippen LogP contribution is 2.30. The molecule has 0 spiro atoms. The molecule has 0 bridgehead atoms. The van der Waals surface area contributed by atoms with Crippen LogP contribution in [0.1, 0.15) is 43.6 Å². The Hall–Kier alpha value is -3.16. The van der Waals surface area contributed by atoms with Crippen molar-refractivity contribution in [3.8, 4) is 11.5 Å². The first-order chi connectivity index (χ1) is 16.9. The Labute approximate surface area is 217 Å². The van der Waals surface area contributed by atoms with Crippen molar-refractivity contribution in [2.75, 3.05) is 6.61 Å². The molecular formula is C27H25BrClN3O3. The van der Waals surface area contributed by atoms with Gasteiger partial charge in [-0.25, -0.2) is 4.98 Å². The molecule has 0 aliphatic rings. The maximum atomic E-state index is 13.2. The number of hydrogen-bond donors (Lipinski definition) is 0. The summed E-state index contributed by atoms with van der Waals surface area (Å²) in [5.41, 5.74) is 2.07. The summed E-state index contributed by atoms with van der Waals surface area (Å²) in [6, 6.07) is 18.5. The van der Waals surface area contributed by atoms with Gasteiger partial charge < -0.3 is 9.47 Å². The molecule has 1 heterocycles. The maximum absolute atomic E-state index is 13.2. The lowest BCUT2D eigenvalue weighted by Gasteiger charge is -2.14. The molecule has 0 unspecified atom stereocenters. The zero-order valence-corrected chi connectivity index (χ0v) is 22.0. The monoisotopic (exact) mass is 553 g/mol. The van der Waals surface area contributed by atoms with E-state index < -0.39 is 0 Å². The Balaban J connectivity index is 1.66. The first-order valence-corrected chi connectivity index (χ1v) is 12.4. The fraction of sp³-hybridized carbons (Fsp3) is 0.222. The van der Waals surface area contributed by atoms with E-state index in [-0.39, 0.29) is 11.5 Å².